The smallest absolute Gasteiger partial charge is 0.262 e. The van der Waals surface area contributed by atoms with Gasteiger partial charge in [0.05, 0.1) is 5.69 Å². The number of amides is 2. The fourth-order valence-electron chi connectivity index (χ4n) is 2.62. The molecule has 1 heterocycles. The summed E-state index contributed by atoms with van der Waals surface area (Å²) in [5, 5.41) is 5.70. The Morgan fingerprint density at radius 3 is 2.68 bits per heavy atom. The fraction of sp³-hybridized carbons (Fsp3) is 0.263. The van der Waals surface area contributed by atoms with Gasteiger partial charge < -0.3 is 20.3 Å². The van der Waals surface area contributed by atoms with Crippen LogP contribution in [-0.2, 0) is 11.2 Å². The van der Waals surface area contributed by atoms with Crippen molar-refractivity contribution in [3.05, 3.63) is 53.6 Å². The molecule has 0 spiro atoms. The molecule has 25 heavy (non-hydrogen) atoms. The summed E-state index contributed by atoms with van der Waals surface area (Å²) in [4.78, 5) is 25.5. The molecule has 0 saturated heterocycles. The lowest BCUT2D eigenvalue weighted by Gasteiger charge is -2.18. The first-order valence-corrected chi connectivity index (χ1v) is 8.14. The molecule has 1 aliphatic rings. The van der Waals surface area contributed by atoms with Crippen LogP contribution in [0.25, 0.3) is 0 Å². The molecular formula is C19H21N3O3. The van der Waals surface area contributed by atoms with E-state index in [0.717, 1.165) is 11.3 Å². The van der Waals surface area contributed by atoms with Crippen LogP contribution in [0.2, 0.25) is 0 Å². The molecule has 1 aliphatic heterocycles. The Morgan fingerprint density at radius 1 is 1.20 bits per heavy atom. The Kier molecular flexibility index (Phi) is 4.88. The van der Waals surface area contributed by atoms with E-state index in [0.29, 0.717) is 30.0 Å². The van der Waals surface area contributed by atoms with Crippen molar-refractivity contribution in [2.75, 3.05) is 37.5 Å². The Morgan fingerprint density at radius 2 is 1.96 bits per heavy atom. The van der Waals surface area contributed by atoms with Crippen molar-refractivity contribution >= 4 is 23.2 Å². The van der Waals surface area contributed by atoms with Crippen molar-refractivity contribution < 1.29 is 14.3 Å². The fourth-order valence-corrected chi connectivity index (χ4v) is 2.62. The third-order valence-electron chi connectivity index (χ3n) is 4.02. The molecule has 0 bridgehead atoms. The number of anilines is 2. The highest BCUT2D eigenvalue weighted by atomic mass is 16.5. The number of carbonyl (C=O) groups excluding carboxylic acids is 2. The zero-order valence-electron chi connectivity index (χ0n) is 14.3. The highest BCUT2D eigenvalue weighted by Gasteiger charge is 2.15. The molecule has 0 radical (unpaired) electrons. The van der Waals surface area contributed by atoms with Crippen molar-refractivity contribution in [3.8, 4) is 5.75 Å². The summed E-state index contributed by atoms with van der Waals surface area (Å²) in [6.07, 6.45) is 0.671. The first-order valence-electron chi connectivity index (χ1n) is 8.14. The van der Waals surface area contributed by atoms with E-state index < -0.39 is 0 Å². The molecule has 6 nitrogen and oxygen atoms in total. The van der Waals surface area contributed by atoms with Crippen molar-refractivity contribution in [1.29, 1.82) is 0 Å². The number of nitrogens with one attached hydrogen (secondary N) is 2. The molecule has 2 aromatic rings. The number of carbonyl (C=O) groups is 2. The first-order chi connectivity index (χ1) is 12.0. The van der Waals surface area contributed by atoms with Crippen LogP contribution in [0.5, 0.6) is 5.75 Å². The third kappa shape index (κ3) is 4.09. The van der Waals surface area contributed by atoms with Crippen molar-refractivity contribution in [1.82, 2.24) is 5.32 Å². The van der Waals surface area contributed by atoms with Gasteiger partial charge in [0.2, 0.25) is 0 Å². The van der Waals surface area contributed by atoms with Crippen molar-refractivity contribution in [3.63, 3.8) is 0 Å². The average Bonchev–Trinajstić information content (AvgIpc) is 2.61. The quantitative estimate of drug-likeness (QED) is 0.875. The summed E-state index contributed by atoms with van der Waals surface area (Å²) in [7, 11) is 3.92. The van der Waals surface area contributed by atoms with Crippen molar-refractivity contribution in [2.24, 2.45) is 0 Å². The molecule has 2 aromatic carbocycles. The van der Waals surface area contributed by atoms with Crippen LogP contribution >= 0.6 is 0 Å². The van der Waals surface area contributed by atoms with Gasteiger partial charge in [0.1, 0.15) is 5.75 Å². The molecule has 0 aliphatic carbocycles. The number of nitrogens with zero attached hydrogens (tertiary/aromatic N) is 1. The normalized spacial score (nSPS) is 12.6. The van der Waals surface area contributed by atoms with E-state index in [2.05, 4.69) is 10.6 Å². The van der Waals surface area contributed by atoms with Gasteiger partial charge in [-0.3, -0.25) is 9.59 Å². The second-order valence-electron chi connectivity index (χ2n) is 6.11. The van der Waals surface area contributed by atoms with Gasteiger partial charge in [0.25, 0.3) is 11.8 Å². The van der Waals surface area contributed by atoms with Gasteiger partial charge in [-0.05, 0) is 48.4 Å². The second kappa shape index (κ2) is 7.25. The Bertz CT molecular complexity index is 785. The molecule has 0 aromatic heterocycles. The van der Waals surface area contributed by atoms with Crippen LogP contribution in [-0.4, -0.2) is 39.1 Å². The maximum atomic E-state index is 12.2. The molecule has 6 heteroatoms. The molecule has 0 atom stereocenters. The SMILES string of the molecule is CN(C)c1ccc(C(=O)NCCc2ccc3c(c2)NC(=O)CO3)cc1. The summed E-state index contributed by atoms with van der Waals surface area (Å²) in [6.45, 7) is 0.566. The van der Waals surface area contributed by atoms with Gasteiger partial charge in [0, 0.05) is 31.9 Å². The number of fused-ring (bicyclic) bond motifs is 1. The van der Waals surface area contributed by atoms with Crippen LogP contribution in [0.4, 0.5) is 11.4 Å². The average molecular weight is 339 g/mol. The molecule has 3 rings (SSSR count). The van der Waals surface area contributed by atoms with E-state index in [-0.39, 0.29) is 18.4 Å². The lowest BCUT2D eigenvalue weighted by molar-refractivity contribution is -0.118. The molecule has 2 amide bonds. The highest BCUT2D eigenvalue weighted by Crippen LogP contribution is 2.28. The molecule has 0 fully saturated rings. The number of ether oxygens (including phenoxy) is 1. The molecular weight excluding hydrogens is 318 g/mol. The number of hydrogen-bond acceptors (Lipinski definition) is 4. The molecule has 2 N–H and O–H groups in total. The monoisotopic (exact) mass is 339 g/mol. The van der Waals surface area contributed by atoms with E-state index in [1.54, 1.807) is 0 Å². The topological polar surface area (TPSA) is 70.7 Å². The maximum absolute atomic E-state index is 12.2. The maximum Gasteiger partial charge on any atom is 0.262 e. The minimum absolute atomic E-state index is 0.0506. The van der Waals surface area contributed by atoms with Gasteiger partial charge >= 0.3 is 0 Å². The summed E-state index contributed by atoms with van der Waals surface area (Å²) >= 11 is 0. The largest absolute Gasteiger partial charge is 0.482 e. The lowest BCUT2D eigenvalue weighted by Crippen LogP contribution is -2.26. The zero-order chi connectivity index (χ0) is 17.8. The minimum atomic E-state index is -0.154. The van der Waals surface area contributed by atoms with Gasteiger partial charge in [0.15, 0.2) is 6.61 Å². The lowest BCUT2D eigenvalue weighted by atomic mass is 10.1. The number of rotatable bonds is 5. The Labute approximate surface area is 146 Å². The minimum Gasteiger partial charge on any atom is -0.482 e. The van der Waals surface area contributed by atoms with E-state index in [9.17, 15) is 9.59 Å². The van der Waals surface area contributed by atoms with E-state index in [1.165, 1.54) is 0 Å². The standard InChI is InChI=1S/C19H21N3O3/c1-22(2)15-6-4-14(5-7-15)19(24)20-10-9-13-3-8-17-16(11-13)21-18(23)12-25-17/h3-8,11H,9-10,12H2,1-2H3,(H,20,24)(H,21,23). The Balaban J connectivity index is 1.55. The summed E-state index contributed by atoms with van der Waals surface area (Å²) < 4.78 is 5.33. The number of hydrogen-bond donors (Lipinski definition) is 2. The third-order valence-corrected chi connectivity index (χ3v) is 4.02. The van der Waals surface area contributed by atoms with Gasteiger partial charge in [-0.25, -0.2) is 0 Å². The highest BCUT2D eigenvalue weighted by molar-refractivity contribution is 5.95. The van der Waals surface area contributed by atoms with Crippen LogP contribution in [0.1, 0.15) is 15.9 Å². The van der Waals surface area contributed by atoms with Crippen LogP contribution in [0.15, 0.2) is 42.5 Å². The van der Waals surface area contributed by atoms with E-state index in [1.807, 2.05) is 61.5 Å². The summed E-state index contributed by atoms with van der Waals surface area (Å²) in [5.74, 6) is 0.424. The van der Waals surface area contributed by atoms with Crippen LogP contribution in [0.3, 0.4) is 0 Å². The van der Waals surface area contributed by atoms with Crippen LogP contribution in [0, 0.1) is 0 Å². The van der Waals surface area contributed by atoms with Crippen LogP contribution < -0.4 is 20.3 Å². The predicted molar refractivity (Wildman–Crippen MR) is 97.4 cm³/mol. The Hall–Kier alpha value is -3.02. The second-order valence-corrected chi connectivity index (χ2v) is 6.11. The predicted octanol–water partition coefficient (Wildman–Crippen LogP) is 2.06. The first kappa shape index (κ1) is 16.8. The van der Waals surface area contributed by atoms with Gasteiger partial charge in [-0.2, -0.15) is 0 Å². The molecule has 130 valence electrons. The molecule has 0 unspecified atom stereocenters. The van der Waals surface area contributed by atoms with E-state index >= 15 is 0 Å². The van der Waals surface area contributed by atoms with Gasteiger partial charge in [-0.15, -0.1) is 0 Å². The van der Waals surface area contributed by atoms with Crippen molar-refractivity contribution in [2.45, 2.75) is 6.42 Å². The number of benzene rings is 2. The zero-order valence-corrected chi connectivity index (χ0v) is 14.3. The summed E-state index contributed by atoms with van der Waals surface area (Å²) in [6, 6.07) is 13.1. The van der Waals surface area contributed by atoms with E-state index in [4.69, 9.17) is 4.74 Å². The van der Waals surface area contributed by atoms with Gasteiger partial charge in [-0.1, -0.05) is 6.07 Å². The molecule has 0 saturated carbocycles. The summed E-state index contributed by atoms with van der Waals surface area (Å²) in [5.41, 5.74) is 3.39.